The second-order valence-electron chi connectivity index (χ2n) is 7.34. The molecule has 0 aromatic heterocycles. The van der Waals surface area contributed by atoms with Gasteiger partial charge >= 0.3 is 0 Å². The lowest BCUT2D eigenvalue weighted by molar-refractivity contribution is -0.132. The number of rotatable bonds is 6. The van der Waals surface area contributed by atoms with E-state index in [0.717, 1.165) is 4.31 Å². The third-order valence-corrected chi connectivity index (χ3v) is 6.66. The standard InChI is InChI=1S/C21H23FN4O4S/c1-14-4-9-17(31(29,30)25(2)3)12-19(14)23-21(28)18-10-11-20(27)26(24-18)13-15-5-7-16(22)8-6-15/h4-9,12H,10-11,13H2,1-3H3,(H,23,28). The zero-order chi connectivity index (χ0) is 22.8. The van der Waals surface area contributed by atoms with E-state index in [4.69, 9.17) is 0 Å². The van der Waals surface area contributed by atoms with Gasteiger partial charge in [0.25, 0.3) is 5.91 Å². The van der Waals surface area contributed by atoms with Gasteiger partial charge in [0.2, 0.25) is 15.9 Å². The lowest BCUT2D eigenvalue weighted by Crippen LogP contribution is -2.36. The van der Waals surface area contributed by atoms with E-state index in [1.54, 1.807) is 25.1 Å². The molecule has 2 aromatic rings. The minimum atomic E-state index is -3.66. The molecule has 1 aliphatic heterocycles. The fourth-order valence-electron chi connectivity index (χ4n) is 2.95. The largest absolute Gasteiger partial charge is 0.321 e. The number of anilines is 1. The molecule has 0 spiro atoms. The molecule has 0 fully saturated rings. The van der Waals surface area contributed by atoms with Crippen LogP contribution in [0.1, 0.15) is 24.0 Å². The van der Waals surface area contributed by atoms with Crippen LogP contribution in [0.3, 0.4) is 0 Å². The third kappa shape index (κ3) is 5.15. The molecule has 0 saturated carbocycles. The molecule has 0 atom stereocenters. The monoisotopic (exact) mass is 446 g/mol. The number of sulfonamides is 1. The Bertz CT molecular complexity index is 1140. The van der Waals surface area contributed by atoms with E-state index in [0.29, 0.717) is 16.8 Å². The van der Waals surface area contributed by atoms with Crippen LogP contribution in [0.15, 0.2) is 52.5 Å². The smallest absolute Gasteiger partial charge is 0.271 e. The van der Waals surface area contributed by atoms with Crippen LogP contribution in [0.4, 0.5) is 10.1 Å². The van der Waals surface area contributed by atoms with Crippen LogP contribution in [-0.2, 0) is 26.2 Å². The van der Waals surface area contributed by atoms with E-state index in [1.165, 1.54) is 43.4 Å². The highest BCUT2D eigenvalue weighted by Gasteiger charge is 2.25. The van der Waals surface area contributed by atoms with E-state index in [9.17, 15) is 22.4 Å². The Balaban J connectivity index is 1.81. The van der Waals surface area contributed by atoms with Crippen LogP contribution in [0.2, 0.25) is 0 Å². The Morgan fingerprint density at radius 3 is 2.48 bits per heavy atom. The van der Waals surface area contributed by atoms with Crippen molar-refractivity contribution >= 4 is 33.2 Å². The highest BCUT2D eigenvalue weighted by Crippen LogP contribution is 2.23. The van der Waals surface area contributed by atoms with Crippen LogP contribution < -0.4 is 5.32 Å². The highest BCUT2D eigenvalue weighted by molar-refractivity contribution is 7.89. The van der Waals surface area contributed by atoms with Crippen molar-refractivity contribution in [3.05, 3.63) is 59.4 Å². The van der Waals surface area contributed by atoms with Crippen molar-refractivity contribution in [2.24, 2.45) is 5.10 Å². The molecule has 0 unspecified atom stereocenters. The van der Waals surface area contributed by atoms with Crippen molar-refractivity contribution in [2.45, 2.75) is 31.2 Å². The molecule has 0 saturated heterocycles. The average Bonchev–Trinajstić information content (AvgIpc) is 2.72. The molecule has 31 heavy (non-hydrogen) atoms. The first-order chi connectivity index (χ1) is 14.6. The number of hydrazone groups is 1. The van der Waals surface area contributed by atoms with Crippen LogP contribution in [0.25, 0.3) is 0 Å². The lowest BCUT2D eigenvalue weighted by atomic mass is 10.1. The summed E-state index contributed by atoms with van der Waals surface area (Å²) in [5.74, 6) is -1.14. The van der Waals surface area contributed by atoms with Gasteiger partial charge in [0, 0.05) is 32.6 Å². The van der Waals surface area contributed by atoms with E-state index < -0.39 is 15.9 Å². The fraction of sp³-hybridized carbons (Fsp3) is 0.286. The molecule has 164 valence electrons. The quantitative estimate of drug-likeness (QED) is 0.737. The molecule has 3 rings (SSSR count). The molecule has 1 heterocycles. The maximum atomic E-state index is 13.1. The van der Waals surface area contributed by atoms with Crippen LogP contribution in [0.5, 0.6) is 0 Å². The van der Waals surface area contributed by atoms with Gasteiger partial charge < -0.3 is 5.32 Å². The number of carbonyl (C=O) groups excluding carboxylic acids is 2. The SMILES string of the molecule is Cc1ccc(S(=O)(=O)N(C)C)cc1NC(=O)C1=NN(Cc2ccc(F)cc2)C(=O)CC1. The number of benzene rings is 2. The minimum absolute atomic E-state index is 0.0529. The Kier molecular flexibility index (Phi) is 6.51. The fourth-order valence-corrected chi connectivity index (χ4v) is 3.88. The van der Waals surface area contributed by atoms with Gasteiger partial charge in [-0.15, -0.1) is 0 Å². The average molecular weight is 447 g/mol. The molecule has 1 N–H and O–H groups in total. The predicted molar refractivity (Wildman–Crippen MR) is 114 cm³/mol. The number of hydrogen-bond acceptors (Lipinski definition) is 5. The van der Waals surface area contributed by atoms with Crippen molar-refractivity contribution in [3.8, 4) is 0 Å². The summed E-state index contributed by atoms with van der Waals surface area (Å²) >= 11 is 0. The van der Waals surface area contributed by atoms with Gasteiger partial charge in [0.05, 0.1) is 11.4 Å². The number of aryl methyl sites for hydroxylation is 1. The maximum absolute atomic E-state index is 13.1. The normalized spacial score (nSPS) is 14.5. The van der Waals surface area contributed by atoms with Gasteiger partial charge in [-0.2, -0.15) is 5.10 Å². The van der Waals surface area contributed by atoms with Gasteiger partial charge in [0.15, 0.2) is 0 Å². The van der Waals surface area contributed by atoms with E-state index in [2.05, 4.69) is 10.4 Å². The second-order valence-corrected chi connectivity index (χ2v) is 9.49. The molecule has 10 heteroatoms. The Morgan fingerprint density at radius 1 is 1.16 bits per heavy atom. The van der Waals surface area contributed by atoms with Gasteiger partial charge in [-0.05, 0) is 42.3 Å². The van der Waals surface area contributed by atoms with Crippen molar-refractivity contribution in [2.75, 3.05) is 19.4 Å². The first kappa shape index (κ1) is 22.6. The van der Waals surface area contributed by atoms with Crippen LogP contribution >= 0.6 is 0 Å². The van der Waals surface area contributed by atoms with Gasteiger partial charge in [-0.1, -0.05) is 18.2 Å². The topological polar surface area (TPSA) is 99.2 Å². The van der Waals surface area contributed by atoms with E-state index in [-0.39, 0.29) is 41.7 Å². The molecule has 1 aliphatic rings. The summed E-state index contributed by atoms with van der Waals surface area (Å²) in [7, 11) is -0.803. The van der Waals surface area contributed by atoms with Gasteiger partial charge in [0.1, 0.15) is 11.5 Å². The molecule has 8 nitrogen and oxygen atoms in total. The Hall–Kier alpha value is -3.11. The van der Waals surface area contributed by atoms with Crippen molar-refractivity contribution < 1.29 is 22.4 Å². The number of nitrogens with zero attached hydrogens (tertiary/aromatic N) is 3. The Morgan fingerprint density at radius 2 is 1.84 bits per heavy atom. The molecule has 0 bridgehead atoms. The second kappa shape index (κ2) is 8.94. The summed E-state index contributed by atoms with van der Waals surface area (Å²) in [5, 5.41) is 8.06. The molecular weight excluding hydrogens is 423 g/mol. The van der Waals surface area contributed by atoms with Crippen molar-refractivity contribution in [3.63, 3.8) is 0 Å². The minimum Gasteiger partial charge on any atom is -0.321 e. The number of amides is 2. The Labute approximate surface area is 180 Å². The lowest BCUT2D eigenvalue weighted by Gasteiger charge is -2.23. The number of carbonyl (C=O) groups is 2. The summed E-state index contributed by atoms with van der Waals surface area (Å²) in [4.78, 5) is 25.0. The first-order valence-corrected chi connectivity index (χ1v) is 11.0. The maximum Gasteiger partial charge on any atom is 0.271 e. The summed E-state index contributed by atoms with van der Waals surface area (Å²) < 4.78 is 38.9. The molecular formula is C21H23FN4O4S. The summed E-state index contributed by atoms with van der Waals surface area (Å²) in [6, 6.07) is 10.2. The van der Waals surface area contributed by atoms with E-state index >= 15 is 0 Å². The molecule has 0 radical (unpaired) electrons. The van der Waals surface area contributed by atoms with Crippen molar-refractivity contribution in [1.29, 1.82) is 0 Å². The number of nitrogens with one attached hydrogen (secondary N) is 1. The van der Waals surface area contributed by atoms with E-state index in [1.807, 2.05) is 0 Å². The molecule has 0 aliphatic carbocycles. The summed E-state index contributed by atoms with van der Waals surface area (Å²) in [6.07, 6.45) is 0.279. The van der Waals surface area contributed by atoms with Gasteiger partial charge in [-0.25, -0.2) is 22.1 Å². The molecule has 2 aromatic carbocycles. The summed E-state index contributed by atoms with van der Waals surface area (Å²) in [5.41, 5.74) is 1.86. The number of hydrogen-bond donors (Lipinski definition) is 1. The van der Waals surface area contributed by atoms with Crippen LogP contribution in [-0.4, -0.2) is 49.4 Å². The predicted octanol–water partition coefficient (Wildman–Crippen LogP) is 2.50. The number of halogens is 1. The van der Waals surface area contributed by atoms with Crippen molar-refractivity contribution in [1.82, 2.24) is 9.31 Å². The molecule has 2 amide bonds. The zero-order valence-corrected chi connectivity index (χ0v) is 18.2. The zero-order valence-electron chi connectivity index (χ0n) is 17.4. The van der Waals surface area contributed by atoms with Gasteiger partial charge in [-0.3, -0.25) is 9.59 Å². The van der Waals surface area contributed by atoms with Crippen LogP contribution in [0, 0.1) is 12.7 Å². The third-order valence-electron chi connectivity index (χ3n) is 4.85. The highest BCUT2D eigenvalue weighted by atomic mass is 32.2. The summed E-state index contributed by atoms with van der Waals surface area (Å²) in [6.45, 7) is 1.86. The first-order valence-electron chi connectivity index (χ1n) is 9.55.